The van der Waals surface area contributed by atoms with E-state index in [1.807, 2.05) is 56.3 Å². The highest BCUT2D eigenvalue weighted by Gasteiger charge is 2.20. The number of anilines is 2. The number of hydrogen-bond acceptors (Lipinski definition) is 4. The summed E-state index contributed by atoms with van der Waals surface area (Å²) in [5.74, 6) is -0.236. The van der Waals surface area contributed by atoms with Gasteiger partial charge in [0.05, 0.1) is 25.1 Å². The summed E-state index contributed by atoms with van der Waals surface area (Å²) in [4.78, 5) is 12.6. The van der Waals surface area contributed by atoms with E-state index >= 15 is 0 Å². The van der Waals surface area contributed by atoms with E-state index in [-0.39, 0.29) is 12.5 Å². The van der Waals surface area contributed by atoms with Crippen molar-refractivity contribution < 1.29 is 17.9 Å². The minimum atomic E-state index is -3.49. The molecule has 3 rings (SSSR count). The molecule has 0 unspecified atom stereocenters. The van der Waals surface area contributed by atoms with Crippen LogP contribution in [0, 0.1) is 13.8 Å². The molecule has 1 N–H and O–H groups in total. The second-order valence-corrected chi connectivity index (χ2v) is 9.68. The molecule has 3 aromatic carbocycles. The van der Waals surface area contributed by atoms with Gasteiger partial charge in [-0.2, -0.15) is 0 Å². The lowest BCUT2D eigenvalue weighted by molar-refractivity contribution is 0.102. The van der Waals surface area contributed by atoms with Crippen molar-refractivity contribution in [2.45, 2.75) is 27.0 Å². The van der Waals surface area contributed by atoms with Crippen molar-refractivity contribution in [1.82, 2.24) is 0 Å². The third kappa shape index (κ3) is 5.75. The number of carbonyl (C=O) groups is 1. The highest BCUT2D eigenvalue weighted by molar-refractivity contribution is 7.92. The van der Waals surface area contributed by atoms with Crippen molar-refractivity contribution in [2.75, 3.05) is 23.0 Å². The number of nitrogens with one attached hydrogen (secondary N) is 1. The smallest absolute Gasteiger partial charge is 0.255 e. The Labute approximate surface area is 189 Å². The minimum Gasteiger partial charge on any atom is -0.380 e. The summed E-state index contributed by atoms with van der Waals surface area (Å²) in [6.45, 7) is 4.52. The summed E-state index contributed by atoms with van der Waals surface area (Å²) in [7, 11) is -1.86. The van der Waals surface area contributed by atoms with Crippen molar-refractivity contribution in [3.8, 4) is 0 Å². The van der Waals surface area contributed by atoms with Crippen LogP contribution in [0.15, 0.2) is 66.7 Å². The summed E-state index contributed by atoms with van der Waals surface area (Å²) >= 11 is 0. The number of ether oxygens (including phenoxy) is 1. The van der Waals surface area contributed by atoms with E-state index in [2.05, 4.69) is 5.32 Å². The number of nitrogens with zero attached hydrogens (tertiary/aromatic N) is 1. The number of amides is 1. The maximum Gasteiger partial charge on any atom is 0.255 e. The van der Waals surface area contributed by atoms with Crippen LogP contribution in [0.1, 0.15) is 32.6 Å². The van der Waals surface area contributed by atoms with Gasteiger partial charge in [-0.05, 0) is 66.4 Å². The van der Waals surface area contributed by atoms with Crippen LogP contribution in [-0.4, -0.2) is 27.7 Å². The molecule has 7 heteroatoms. The Hall–Kier alpha value is -3.16. The van der Waals surface area contributed by atoms with Gasteiger partial charge in [0.2, 0.25) is 10.0 Å². The zero-order valence-corrected chi connectivity index (χ0v) is 19.6. The van der Waals surface area contributed by atoms with Crippen LogP contribution in [0.2, 0.25) is 0 Å². The average molecular weight is 453 g/mol. The van der Waals surface area contributed by atoms with E-state index in [1.165, 1.54) is 10.6 Å². The Morgan fingerprint density at radius 2 is 1.66 bits per heavy atom. The zero-order valence-electron chi connectivity index (χ0n) is 18.8. The molecule has 0 spiro atoms. The molecule has 0 saturated carbocycles. The maximum atomic E-state index is 12.6. The standard InChI is InChI=1S/C25H28N2O4S/c1-18-7-5-10-24(19(18)2)27(32(4,29)30)16-20-11-13-22(14-12-20)25(28)26-23-9-6-8-21(15-23)17-31-3/h5-15H,16-17H2,1-4H3,(H,26,28). The lowest BCUT2D eigenvalue weighted by atomic mass is 10.1. The number of benzene rings is 3. The van der Waals surface area contributed by atoms with E-state index in [0.717, 1.165) is 22.3 Å². The molecule has 0 heterocycles. The van der Waals surface area contributed by atoms with E-state index in [4.69, 9.17) is 4.74 Å². The molecular formula is C25H28N2O4S. The van der Waals surface area contributed by atoms with Gasteiger partial charge >= 0.3 is 0 Å². The third-order valence-electron chi connectivity index (χ3n) is 5.28. The SMILES string of the molecule is COCc1cccc(NC(=O)c2ccc(CN(c3cccc(C)c3C)S(C)(=O)=O)cc2)c1. The van der Waals surface area contributed by atoms with E-state index in [0.29, 0.717) is 23.5 Å². The summed E-state index contributed by atoms with van der Waals surface area (Å²) in [5, 5.41) is 2.88. The average Bonchev–Trinajstić information content (AvgIpc) is 2.74. The molecule has 0 atom stereocenters. The Balaban J connectivity index is 1.77. The van der Waals surface area contributed by atoms with E-state index in [9.17, 15) is 13.2 Å². The van der Waals surface area contributed by atoms with Gasteiger partial charge in [-0.15, -0.1) is 0 Å². The fourth-order valence-corrected chi connectivity index (χ4v) is 4.36. The van der Waals surface area contributed by atoms with Crippen LogP contribution in [0.3, 0.4) is 0 Å². The monoisotopic (exact) mass is 452 g/mol. The quantitative estimate of drug-likeness (QED) is 0.539. The summed E-state index contributed by atoms with van der Waals surface area (Å²) in [6, 6.07) is 20.0. The van der Waals surface area contributed by atoms with Crippen LogP contribution in [0.5, 0.6) is 0 Å². The molecule has 0 aliphatic carbocycles. The maximum absolute atomic E-state index is 12.6. The van der Waals surface area contributed by atoms with Gasteiger partial charge in [0.25, 0.3) is 5.91 Å². The first kappa shape index (κ1) is 23.5. The predicted octanol–water partition coefficient (Wildman–Crippen LogP) is 4.67. The summed E-state index contributed by atoms with van der Waals surface area (Å²) < 4.78 is 31.5. The third-order valence-corrected chi connectivity index (χ3v) is 6.41. The van der Waals surface area contributed by atoms with Crippen LogP contribution >= 0.6 is 0 Å². The number of rotatable bonds is 8. The molecule has 6 nitrogen and oxygen atoms in total. The van der Waals surface area contributed by atoms with Gasteiger partial charge in [0.1, 0.15) is 0 Å². The highest BCUT2D eigenvalue weighted by Crippen LogP contribution is 2.27. The highest BCUT2D eigenvalue weighted by atomic mass is 32.2. The minimum absolute atomic E-state index is 0.185. The van der Waals surface area contributed by atoms with Gasteiger partial charge in [-0.3, -0.25) is 9.10 Å². The van der Waals surface area contributed by atoms with Crippen molar-refractivity contribution in [1.29, 1.82) is 0 Å². The topological polar surface area (TPSA) is 75.7 Å². The van der Waals surface area contributed by atoms with E-state index in [1.54, 1.807) is 31.4 Å². The van der Waals surface area contributed by atoms with E-state index < -0.39 is 10.0 Å². The van der Waals surface area contributed by atoms with Crippen LogP contribution in [-0.2, 0) is 27.9 Å². The van der Waals surface area contributed by atoms with Gasteiger partial charge in [0, 0.05) is 18.4 Å². The normalized spacial score (nSPS) is 11.2. The van der Waals surface area contributed by atoms with Crippen LogP contribution in [0.25, 0.3) is 0 Å². The second kappa shape index (κ2) is 9.97. The lowest BCUT2D eigenvalue weighted by Crippen LogP contribution is -2.30. The Morgan fingerprint density at radius 1 is 0.969 bits per heavy atom. The first-order valence-electron chi connectivity index (χ1n) is 10.2. The first-order chi connectivity index (χ1) is 15.2. The van der Waals surface area contributed by atoms with Crippen molar-refractivity contribution in [3.63, 3.8) is 0 Å². The number of sulfonamides is 1. The molecule has 32 heavy (non-hydrogen) atoms. The Kier molecular flexibility index (Phi) is 7.33. The largest absolute Gasteiger partial charge is 0.380 e. The molecule has 3 aromatic rings. The van der Waals surface area contributed by atoms with Crippen LogP contribution in [0.4, 0.5) is 11.4 Å². The molecule has 0 aromatic heterocycles. The summed E-state index contributed by atoms with van der Waals surface area (Å²) in [6.07, 6.45) is 1.20. The Bertz CT molecular complexity index is 1200. The Morgan fingerprint density at radius 3 is 2.31 bits per heavy atom. The number of methoxy groups -OCH3 is 1. The van der Waals surface area contributed by atoms with Gasteiger partial charge in [-0.1, -0.05) is 36.4 Å². The van der Waals surface area contributed by atoms with Gasteiger partial charge in [-0.25, -0.2) is 8.42 Å². The van der Waals surface area contributed by atoms with Crippen LogP contribution < -0.4 is 9.62 Å². The fourth-order valence-electron chi connectivity index (χ4n) is 3.42. The van der Waals surface area contributed by atoms with Crippen molar-refractivity contribution in [2.24, 2.45) is 0 Å². The number of hydrogen-bond donors (Lipinski definition) is 1. The van der Waals surface area contributed by atoms with Gasteiger partial charge < -0.3 is 10.1 Å². The number of carbonyl (C=O) groups excluding carboxylic acids is 1. The number of aryl methyl sites for hydroxylation is 1. The molecule has 168 valence electrons. The van der Waals surface area contributed by atoms with Crippen molar-refractivity contribution >= 4 is 27.3 Å². The van der Waals surface area contributed by atoms with Gasteiger partial charge in [0.15, 0.2) is 0 Å². The molecule has 0 fully saturated rings. The summed E-state index contributed by atoms with van der Waals surface area (Å²) in [5.41, 5.74) is 5.53. The predicted molar refractivity (Wildman–Crippen MR) is 128 cm³/mol. The fraction of sp³-hybridized carbons (Fsp3) is 0.240. The molecule has 0 aliphatic heterocycles. The van der Waals surface area contributed by atoms with Crippen molar-refractivity contribution in [3.05, 3.63) is 94.5 Å². The first-order valence-corrected chi connectivity index (χ1v) is 12.1. The molecular weight excluding hydrogens is 424 g/mol. The molecule has 0 saturated heterocycles. The molecule has 0 bridgehead atoms. The molecule has 0 radical (unpaired) electrons. The molecule has 1 amide bonds. The zero-order chi connectivity index (χ0) is 23.3. The lowest BCUT2D eigenvalue weighted by Gasteiger charge is -2.25. The second-order valence-electron chi connectivity index (χ2n) is 7.77. The molecule has 0 aliphatic rings.